The Morgan fingerprint density at radius 3 is 3.18 bits per heavy atom. The molecule has 0 aromatic carbocycles. The Bertz CT molecular complexity index is 230. The molecule has 0 amide bonds. The number of imidazole rings is 1. The normalized spacial score (nSPS) is 9.91. The molecule has 0 atom stereocenters. The van der Waals surface area contributed by atoms with Crippen molar-refractivity contribution in [3.63, 3.8) is 0 Å². The van der Waals surface area contributed by atoms with E-state index in [1.165, 1.54) is 0 Å². The van der Waals surface area contributed by atoms with Gasteiger partial charge in [0.2, 0.25) is 0 Å². The summed E-state index contributed by atoms with van der Waals surface area (Å²) in [4.78, 5) is 3.07. The van der Waals surface area contributed by atoms with Crippen LogP contribution in [0.2, 0.25) is 0 Å². The van der Waals surface area contributed by atoms with E-state index in [2.05, 4.69) is 11.6 Å². The zero-order valence-corrected chi connectivity index (χ0v) is 6.45. The second-order valence-electron chi connectivity index (χ2n) is 2.32. The average molecular weight is 153 g/mol. The smallest absolute Gasteiger partial charge is 0.258 e. The Balaban J connectivity index is 2.69. The first-order valence-electron chi connectivity index (χ1n) is 3.66. The summed E-state index contributed by atoms with van der Waals surface area (Å²) in [6.45, 7) is 4.46. The SMILES string of the molecule is C=CCc1[nH]cc[n+]1CCO. The van der Waals surface area contributed by atoms with E-state index in [0.717, 1.165) is 12.2 Å². The number of aliphatic hydroxyl groups is 1. The van der Waals surface area contributed by atoms with Crippen LogP contribution in [0.1, 0.15) is 5.82 Å². The molecule has 1 aromatic heterocycles. The van der Waals surface area contributed by atoms with Gasteiger partial charge in [0, 0.05) is 0 Å². The summed E-state index contributed by atoms with van der Waals surface area (Å²) in [5.74, 6) is 1.08. The fraction of sp³-hybridized carbons (Fsp3) is 0.375. The molecule has 2 N–H and O–H groups in total. The summed E-state index contributed by atoms with van der Waals surface area (Å²) in [6, 6.07) is 0. The minimum absolute atomic E-state index is 0.173. The van der Waals surface area contributed by atoms with Crippen molar-refractivity contribution in [3.8, 4) is 0 Å². The summed E-state index contributed by atoms with van der Waals surface area (Å²) >= 11 is 0. The van der Waals surface area contributed by atoms with E-state index >= 15 is 0 Å². The Labute approximate surface area is 66.0 Å². The van der Waals surface area contributed by atoms with Gasteiger partial charge >= 0.3 is 0 Å². The molecule has 0 spiro atoms. The number of nitrogens with zero attached hydrogens (tertiary/aromatic N) is 1. The lowest BCUT2D eigenvalue weighted by molar-refractivity contribution is -0.703. The van der Waals surface area contributed by atoms with Gasteiger partial charge in [0.05, 0.1) is 13.0 Å². The number of aromatic nitrogens is 2. The predicted octanol–water partition coefficient (Wildman–Crippen LogP) is 0.0230. The van der Waals surface area contributed by atoms with Crippen molar-refractivity contribution in [2.45, 2.75) is 13.0 Å². The molecular formula is C8H13N2O+. The van der Waals surface area contributed by atoms with Crippen LogP contribution in [-0.4, -0.2) is 16.7 Å². The lowest BCUT2D eigenvalue weighted by atomic mass is 10.4. The molecule has 0 aliphatic heterocycles. The molecule has 3 heteroatoms. The molecule has 11 heavy (non-hydrogen) atoms. The number of H-pyrrole nitrogens is 1. The highest BCUT2D eigenvalue weighted by Crippen LogP contribution is 1.88. The summed E-state index contributed by atoms with van der Waals surface area (Å²) < 4.78 is 1.97. The lowest BCUT2D eigenvalue weighted by Gasteiger charge is -1.94. The molecule has 0 saturated carbocycles. The largest absolute Gasteiger partial charge is 0.392 e. The summed E-state index contributed by atoms with van der Waals surface area (Å²) in [5.41, 5.74) is 0. The van der Waals surface area contributed by atoms with Crippen molar-refractivity contribution in [1.29, 1.82) is 0 Å². The van der Waals surface area contributed by atoms with Gasteiger partial charge in [0.1, 0.15) is 18.9 Å². The Morgan fingerprint density at radius 1 is 1.73 bits per heavy atom. The van der Waals surface area contributed by atoms with Crippen molar-refractivity contribution in [2.24, 2.45) is 0 Å². The molecule has 0 saturated heterocycles. The maximum atomic E-state index is 8.67. The van der Waals surface area contributed by atoms with Crippen LogP contribution >= 0.6 is 0 Å². The van der Waals surface area contributed by atoms with Gasteiger partial charge in [-0.05, 0) is 0 Å². The summed E-state index contributed by atoms with van der Waals surface area (Å²) in [6.07, 6.45) is 6.41. The highest BCUT2D eigenvalue weighted by Gasteiger charge is 2.06. The number of hydrogen-bond donors (Lipinski definition) is 2. The maximum absolute atomic E-state index is 8.67. The van der Waals surface area contributed by atoms with Gasteiger partial charge in [-0.15, -0.1) is 6.58 Å². The zero-order valence-electron chi connectivity index (χ0n) is 6.45. The number of rotatable bonds is 4. The van der Waals surface area contributed by atoms with Crippen LogP contribution < -0.4 is 4.57 Å². The van der Waals surface area contributed by atoms with Crippen LogP contribution in [-0.2, 0) is 13.0 Å². The van der Waals surface area contributed by atoms with Crippen LogP contribution in [0.4, 0.5) is 0 Å². The number of hydrogen-bond acceptors (Lipinski definition) is 1. The van der Waals surface area contributed by atoms with Gasteiger partial charge in [0.25, 0.3) is 5.82 Å². The standard InChI is InChI=1S/C8H12N2O/c1-2-3-8-9-4-5-10(8)6-7-11/h2,4-5,11H,1,3,6-7H2/p+1. The quantitative estimate of drug-likeness (QED) is 0.464. The van der Waals surface area contributed by atoms with Gasteiger partial charge in [-0.25, -0.2) is 9.55 Å². The van der Waals surface area contributed by atoms with Gasteiger partial charge in [-0.1, -0.05) is 6.08 Å². The summed E-state index contributed by atoms with van der Waals surface area (Å²) in [7, 11) is 0. The van der Waals surface area contributed by atoms with Crippen LogP contribution in [0, 0.1) is 0 Å². The third-order valence-corrected chi connectivity index (χ3v) is 1.53. The van der Waals surface area contributed by atoms with Crippen LogP contribution in [0.3, 0.4) is 0 Å². The Kier molecular flexibility index (Phi) is 2.86. The zero-order chi connectivity index (χ0) is 8.10. The number of aromatic amines is 1. The van der Waals surface area contributed by atoms with E-state index < -0.39 is 0 Å². The van der Waals surface area contributed by atoms with Crippen molar-refractivity contribution in [1.82, 2.24) is 4.98 Å². The molecule has 1 heterocycles. The van der Waals surface area contributed by atoms with E-state index in [0.29, 0.717) is 6.54 Å². The van der Waals surface area contributed by atoms with Crippen LogP contribution in [0.15, 0.2) is 25.0 Å². The number of allylic oxidation sites excluding steroid dienone is 1. The van der Waals surface area contributed by atoms with Gasteiger partial charge in [-0.3, -0.25) is 0 Å². The molecule has 0 radical (unpaired) electrons. The van der Waals surface area contributed by atoms with Crippen molar-refractivity contribution in [3.05, 3.63) is 30.9 Å². The third kappa shape index (κ3) is 1.91. The molecule has 0 fully saturated rings. The first kappa shape index (κ1) is 8.01. The monoisotopic (exact) mass is 153 g/mol. The Morgan fingerprint density at radius 2 is 2.55 bits per heavy atom. The Hall–Kier alpha value is -1.09. The predicted molar refractivity (Wildman–Crippen MR) is 42.0 cm³/mol. The topological polar surface area (TPSA) is 39.9 Å². The molecule has 0 unspecified atom stereocenters. The highest BCUT2D eigenvalue weighted by atomic mass is 16.3. The van der Waals surface area contributed by atoms with Crippen molar-refractivity contribution >= 4 is 0 Å². The van der Waals surface area contributed by atoms with Gasteiger partial charge in [0.15, 0.2) is 0 Å². The second kappa shape index (κ2) is 3.93. The fourth-order valence-corrected chi connectivity index (χ4v) is 1.03. The van der Waals surface area contributed by atoms with Crippen LogP contribution in [0.5, 0.6) is 0 Å². The fourth-order valence-electron chi connectivity index (χ4n) is 1.03. The van der Waals surface area contributed by atoms with E-state index in [1.54, 1.807) is 0 Å². The molecule has 0 aliphatic carbocycles. The van der Waals surface area contributed by atoms with Gasteiger partial charge in [-0.2, -0.15) is 0 Å². The molecule has 1 aromatic rings. The molecular weight excluding hydrogens is 140 g/mol. The first-order valence-corrected chi connectivity index (χ1v) is 3.66. The summed E-state index contributed by atoms with van der Waals surface area (Å²) in [5, 5.41) is 8.67. The average Bonchev–Trinajstić information content (AvgIpc) is 2.39. The second-order valence-corrected chi connectivity index (χ2v) is 2.32. The first-order chi connectivity index (χ1) is 5.38. The molecule has 1 rings (SSSR count). The molecule has 60 valence electrons. The van der Waals surface area contributed by atoms with Gasteiger partial charge < -0.3 is 5.11 Å². The van der Waals surface area contributed by atoms with E-state index in [9.17, 15) is 0 Å². The number of aliphatic hydroxyl groups excluding tert-OH is 1. The number of nitrogens with one attached hydrogen (secondary N) is 1. The minimum atomic E-state index is 0.173. The molecule has 0 bridgehead atoms. The van der Waals surface area contributed by atoms with E-state index in [1.807, 2.05) is 23.0 Å². The minimum Gasteiger partial charge on any atom is -0.392 e. The lowest BCUT2D eigenvalue weighted by Crippen LogP contribution is -2.37. The third-order valence-electron chi connectivity index (χ3n) is 1.53. The maximum Gasteiger partial charge on any atom is 0.258 e. The van der Waals surface area contributed by atoms with E-state index in [4.69, 9.17) is 5.11 Å². The van der Waals surface area contributed by atoms with Crippen molar-refractivity contribution in [2.75, 3.05) is 6.61 Å². The van der Waals surface area contributed by atoms with E-state index in [-0.39, 0.29) is 6.61 Å². The van der Waals surface area contributed by atoms with Crippen LogP contribution in [0.25, 0.3) is 0 Å². The molecule has 0 aliphatic rings. The highest BCUT2D eigenvalue weighted by molar-refractivity contribution is 4.85. The molecule has 3 nitrogen and oxygen atoms in total. The van der Waals surface area contributed by atoms with Crippen molar-refractivity contribution < 1.29 is 9.67 Å².